The van der Waals surface area contributed by atoms with Crippen LogP contribution in [0, 0.1) is 17.8 Å². The van der Waals surface area contributed by atoms with Gasteiger partial charge in [0, 0.05) is 31.7 Å². The normalized spacial score (nSPS) is 17.0. The third-order valence-electron chi connectivity index (χ3n) is 6.29. The standard InChI is InChI=1S/C29H40N2O2/c1-5-30(21-26-13-11-24(12-14-26)15-17-29(2,3)32)22-27-9-7-18-31(23-27)19-16-25-8-6-10-28(20-25)33-4/h6,8,10-14,20,27,32H,5,7,9,16,18-19,21-23H2,1-4H3. The number of ether oxygens (including phenoxy) is 1. The van der Waals surface area contributed by atoms with E-state index in [1.165, 1.54) is 37.1 Å². The summed E-state index contributed by atoms with van der Waals surface area (Å²) in [5, 5.41) is 9.78. The molecule has 0 aliphatic carbocycles. The van der Waals surface area contributed by atoms with Gasteiger partial charge in [0.2, 0.25) is 0 Å². The zero-order valence-electron chi connectivity index (χ0n) is 20.8. The van der Waals surface area contributed by atoms with Crippen molar-refractivity contribution in [1.29, 1.82) is 0 Å². The van der Waals surface area contributed by atoms with Crippen molar-refractivity contribution in [3.63, 3.8) is 0 Å². The van der Waals surface area contributed by atoms with Gasteiger partial charge in [0.25, 0.3) is 0 Å². The second-order valence-corrected chi connectivity index (χ2v) is 9.74. The van der Waals surface area contributed by atoms with Gasteiger partial charge < -0.3 is 14.7 Å². The highest BCUT2D eigenvalue weighted by Crippen LogP contribution is 2.20. The van der Waals surface area contributed by atoms with Crippen molar-refractivity contribution in [2.45, 2.75) is 52.2 Å². The van der Waals surface area contributed by atoms with Crippen LogP contribution in [0.4, 0.5) is 0 Å². The topological polar surface area (TPSA) is 35.9 Å². The van der Waals surface area contributed by atoms with Gasteiger partial charge in [0.05, 0.1) is 7.11 Å². The molecule has 2 aromatic carbocycles. The minimum atomic E-state index is -0.959. The van der Waals surface area contributed by atoms with Crippen molar-refractivity contribution < 1.29 is 9.84 Å². The van der Waals surface area contributed by atoms with Gasteiger partial charge in [-0.15, -0.1) is 0 Å². The molecule has 33 heavy (non-hydrogen) atoms. The fraction of sp³-hybridized carbons (Fsp3) is 0.517. The first-order valence-corrected chi connectivity index (χ1v) is 12.3. The highest BCUT2D eigenvalue weighted by molar-refractivity contribution is 5.37. The third-order valence-corrected chi connectivity index (χ3v) is 6.29. The molecule has 3 rings (SSSR count). The molecule has 1 unspecified atom stereocenters. The third kappa shape index (κ3) is 8.85. The number of hydrogen-bond acceptors (Lipinski definition) is 4. The summed E-state index contributed by atoms with van der Waals surface area (Å²) in [7, 11) is 1.73. The van der Waals surface area contributed by atoms with Gasteiger partial charge in [0.15, 0.2) is 0 Å². The van der Waals surface area contributed by atoms with E-state index in [0.29, 0.717) is 0 Å². The van der Waals surface area contributed by atoms with Gasteiger partial charge in [0.1, 0.15) is 11.4 Å². The lowest BCUT2D eigenvalue weighted by Crippen LogP contribution is -2.41. The number of aliphatic hydroxyl groups is 1. The SMILES string of the molecule is CCN(Cc1ccc(C#CC(C)(C)O)cc1)CC1CCCN(CCc2cccc(OC)c2)C1. The van der Waals surface area contributed by atoms with Crippen molar-refractivity contribution in [1.82, 2.24) is 9.80 Å². The summed E-state index contributed by atoms with van der Waals surface area (Å²) in [5.74, 6) is 7.60. The molecule has 2 aromatic rings. The van der Waals surface area contributed by atoms with E-state index in [4.69, 9.17) is 4.74 Å². The van der Waals surface area contributed by atoms with Crippen LogP contribution < -0.4 is 4.74 Å². The lowest BCUT2D eigenvalue weighted by Gasteiger charge is -2.35. The fourth-order valence-electron chi connectivity index (χ4n) is 4.47. The molecule has 1 heterocycles. The molecular weight excluding hydrogens is 408 g/mol. The van der Waals surface area contributed by atoms with E-state index in [-0.39, 0.29) is 0 Å². The molecule has 1 aliphatic rings. The highest BCUT2D eigenvalue weighted by Gasteiger charge is 2.21. The van der Waals surface area contributed by atoms with E-state index in [1.807, 2.05) is 6.07 Å². The predicted octanol–water partition coefficient (Wildman–Crippen LogP) is 4.59. The van der Waals surface area contributed by atoms with Gasteiger partial charge in [-0.25, -0.2) is 0 Å². The van der Waals surface area contributed by atoms with Crippen LogP contribution >= 0.6 is 0 Å². The van der Waals surface area contributed by atoms with Gasteiger partial charge in [-0.1, -0.05) is 43.0 Å². The Hall–Kier alpha value is -2.32. The number of rotatable bonds is 9. The first-order valence-electron chi connectivity index (χ1n) is 12.3. The van der Waals surface area contributed by atoms with Crippen LogP contribution in [0.2, 0.25) is 0 Å². The fourth-order valence-corrected chi connectivity index (χ4v) is 4.47. The molecule has 1 aliphatic heterocycles. The highest BCUT2D eigenvalue weighted by atomic mass is 16.5. The second-order valence-electron chi connectivity index (χ2n) is 9.74. The monoisotopic (exact) mass is 448 g/mol. The summed E-state index contributed by atoms with van der Waals surface area (Å²) < 4.78 is 5.36. The molecule has 0 aromatic heterocycles. The van der Waals surface area contributed by atoms with Crippen molar-refractivity contribution in [2.75, 3.05) is 39.8 Å². The van der Waals surface area contributed by atoms with Gasteiger partial charge in [-0.05, 0) is 87.5 Å². The Morgan fingerprint density at radius 3 is 2.64 bits per heavy atom. The summed E-state index contributed by atoms with van der Waals surface area (Å²) in [4.78, 5) is 5.20. The van der Waals surface area contributed by atoms with Crippen LogP contribution in [0.3, 0.4) is 0 Å². The smallest absolute Gasteiger partial charge is 0.120 e. The zero-order chi connectivity index (χ0) is 23.7. The molecule has 4 nitrogen and oxygen atoms in total. The molecule has 178 valence electrons. The van der Waals surface area contributed by atoms with Gasteiger partial charge in [-0.2, -0.15) is 0 Å². The average Bonchev–Trinajstić information content (AvgIpc) is 2.82. The number of likely N-dealkylation sites (tertiary alicyclic amines) is 1. The number of benzene rings is 2. The van der Waals surface area contributed by atoms with Gasteiger partial charge in [-0.3, -0.25) is 4.90 Å². The van der Waals surface area contributed by atoms with E-state index < -0.39 is 5.60 Å². The van der Waals surface area contributed by atoms with Crippen molar-refractivity contribution >= 4 is 0 Å². The molecule has 0 spiro atoms. The lowest BCUT2D eigenvalue weighted by molar-refractivity contribution is 0.133. The summed E-state index contributed by atoms with van der Waals surface area (Å²) in [5.41, 5.74) is 2.65. The molecule has 0 amide bonds. The van der Waals surface area contributed by atoms with E-state index in [2.05, 4.69) is 71.0 Å². The van der Waals surface area contributed by atoms with E-state index >= 15 is 0 Å². The predicted molar refractivity (Wildman–Crippen MR) is 136 cm³/mol. The number of methoxy groups -OCH3 is 1. The Morgan fingerprint density at radius 2 is 1.94 bits per heavy atom. The molecule has 0 radical (unpaired) electrons. The van der Waals surface area contributed by atoms with Crippen molar-refractivity contribution in [3.05, 3.63) is 65.2 Å². The van der Waals surface area contributed by atoms with Crippen LogP contribution in [0.1, 0.15) is 50.3 Å². The second kappa shape index (κ2) is 12.2. The lowest BCUT2D eigenvalue weighted by atomic mass is 9.96. The van der Waals surface area contributed by atoms with Crippen molar-refractivity contribution in [3.8, 4) is 17.6 Å². The van der Waals surface area contributed by atoms with Crippen LogP contribution in [-0.4, -0.2) is 60.3 Å². The number of nitrogens with zero attached hydrogens (tertiary/aromatic N) is 2. The Morgan fingerprint density at radius 1 is 1.15 bits per heavy atom. The van der Waals surface area contributed by atoms with Gasteiger partial charge >= 0.3 is 0 Å². The van der Waals surface area contributed by atoms with Crippen LogP contribution in [0.15, 0.2) is 48.5 Å². The molecule has 1 fully saturated rings. The minimum Gasteiger partial charge on any atom is -0.497 e. The van der Waals surface area contributed by atoms with Crippen LogP contribution in [0.5, 0.6) is 5.75 Å². The Kier molecular flexibility index (Phi) is 9.38. The Labute approximate surface area is 200 Å². The van der Waals surface area contributed by atoms with Crippen molar-refractivity contribution in [2.24, 2.45) is 5.92 Å². The van der Waals surface area contributed by atoms with Crippen LogP contribution in [0.25, 0.3) is 0 Å². The molecule has 1 N–H and O–H groups in total. The molecular formula is C29H40N2O2. The first kappa shape index (κ1) is 25.3. The Bertz CT molecular complexity index is 921. The summed E-state index contributed by atoms with van der Waals surface area (Å²) in [6.45, 7) is 12.3. The van der Waals surface area contributed by atoms with E-state index in [0.717, 1.165) is 49.8 Å². The number of piperidine rings is 1. The molecule has 1 saturated heterocycles. The Balaban J connectivity index is 1.49. The molecule has 0 bridgehead atoms. The van der Waals surface area contributed by atoms with E-state index in [9.17, 15) is 5.11 Å². The minimum absolute atomic E-state index is 0.723. The first-order chi connectivity index (χ1) is 15.8. The summed E-state index contributed by atoms with van der Waals surface area (Å²) in [6.07, 6.45) is 3.68. The molecule has 4 heteroatoms. The average molecular weight is 449 g/mol. The maximum atomic E-state index is 9.78. The maximum Gasteiger partial charge on any atom is 0.120 e. The van der Waals surface area contributed by atoms with Crippen LogP contribution in [-0.2, 0) is 13.0 Å². The largest absolute Gasteiger partial charge is 0.497 e. The van der Waals surface area contributed by atoms with E-state index in [1.54, 1.807) is 21.0 Å². The summed E-state index contributed by atoms with van der Waals surface area (Å²) in [6, 6.07) is 16.9. The molecule has 0 saturated carbocycles. The number of hydrogen-bond donors (Lipinski definition) is 1. The maximum absolute atomic E-state index is 9.78. The molecule has 1 atom stereocenters. The summed E-state index contributed by atoms with van der Waals surface area (Å²) >= 11 is 0. The quantitative estimate of drug-likeness (QED) is 0.569. The zero-order valence-corrected chi connectivity index (χ0v) is 20.8.